The summed E-state index contributed by atoms with van der Waals surface area (Å²) in [5.74, 6) is -1.15. The van der Waals surface area contributed by atoms with E-state index in [2.05, 4.69) is 15.3 Å². The zero-order valence-corrected chi connectivity index (χ0v) is 19.0. The van der Waals surface area contributed by atoms with Crippen LogP contribution in [-0.4, -0.2) is 71.4 Å². The van der Waals surface area contributed by atoms with Gasteiger partial charge >= 0.3 is 11.9 Å². The summed E-state index contributed by atoms with van der Waals surface area (Å²) in [5.41, 5.74) is 1.15. The molecule has 0 aliphatic carbocycles. The minimum absolute atomic E-state index is 0.262. The Morgan fingerprint density at radius 3 is 2.28 bits per heavy atom. The largest absolute Gasteiger partial charge is 0.464 e. The molecular weight excluding hydrogens is 412 g/mol. The number of nitrogens with one attached hydrogen (secondary N) is 1. The Morgan fingerprint density at radius 2 is 1.69 bits per heavy atom. The van der Waals surface area contributed by atoms with Gasteiger partial charge in [0.05, 0.1) is 30.8 Å². The van der Waals surface area contributed by atoms with Gasteiger partial charge in [0.25, 0.3) is 5.91 Å². The molecule has 1 aromatic carbocycles. The Labute approximate surface area is 187 Å². The molecule has 1 aliphatic heterocycles. The quantitative estimate of drug-likeness (QED) is 0.655. The first-order chi connectivity index (χ1) is 15.3. The van der Waals surface area contributed by atoms with Crippen LogP contribution in [0.15, 0.2) is 30.5 Å². The highest BCUT2D eigenvalue weighted by Crippen LogP contribution is 2.24. The normalized spacial score (nSPS) is 15.8. The lowest BCUT2D eigenvalue weighted by Crippen LogP contribution is -2.60. The molecule has 3 rings (SSSR count). The number of hydrogen-bond acceptors (Lipinski definition) is 7. The molecule has 1 aromatic heterocycles. The topological polar surface area (TPSA) is 103 Å². The highest BCUT2D eigenvalue weighted by Gasteiger charge is 2.43. The molecule has 172 valence electrons. The van der Waals surface area contributed by atoms with Crippen molar-refractivity contribution in [1.29, 1.82) is 0 Å². The molecule has 32 heavy (non-hydrogen) atoms. The zero-order chi connectivity index (χ0) is 23.3. The van der Waals surface area contributed by atoms with Gasteiger partial charge in [-0.05, 0) is 64.9 Å². The smallest absolute Gasteiger partial charge is 0.341 e. The van der Waals surface area contributed by atoms with Crippen molar-refractivity contribution in [2.75, 3.05) is 33.4 Å². The van der Waals surface area contributed by atoms with Crippen molar-refractivity contribution in [2.24, 2.45) is 0 Å². The van der Waals surface area contributed by atoms with Crippen LogP contribution >= 0.6 is 0 Å². The third-order valence-electron chi connectivity index (χ3n) is 5.74. The summed E-state index contributed by atoms with van der Waals surface area (Å²) < 4.78 is 11.9. The maximum atomic E-state index is 13.0. The van der Waals surface area contributed by atoms with Gasteiger partial charge in [-0.3, -0.25) is 4.79 Å². The molecule has 1 fully saturated rings. The number of carbonyl (C=O) groups is 3. The Hall–Kier alpha value is -3.20. The Balaban J connectivity index is 1.77. The monoisotopic (exact) mass is 442 g/mol. The van der Waals surface area contributed by atoms with Crippen LogP contribution in [0.3, 0.4) is 0 Å². The molecule has 2 aromatic rings. The lowest BCUT2D eigenvalue weighted by atomic mass is 9.87. The van der Waals surface area contributed by atoms with Crippen molar-refractivity contribution >= 4 is 17.8 Å². The van der Waals surface area contributed by atoms with Gasteiger partial charge in [0, 0.05) is 18.7 Å². The number of rotatable bonds is 7. The number of likely N-dealkylation sites (tertiary alicyclic amines) is 1. The van der Waals surface area contributed by atoms with Gasteiger partial charge in [0.1, 0.15) is 11.1 Å². The number of carbonyl (C=O) groups excluding carboxylic acids is 3. The van der Waals surface area contributed by atoms with Crippen LogP contribution in [-0.2, 0) is 14.3 Å². The van der Waals surface area contributed by atoms with E-state index in [1.807, 2.05) is 7.05 Å². The van der Waals surface area contributed by atoms with Crippen LogP contribution in [0.4, 0.5) is 0 Å². The SMILES string of the molecule is CCOC(=O)c1cnn(-c2ccc(C(=O)NC3(C(=O)OCC)CCN(C)CC3)cc2)c1C. The molecule has 0 radical (unpaired) electrons. The maximum Gasteiger partial charge on any atom is 0.341 e. The molecule has 0 bridgehead atoms. The molecule has 0 saturated carbocycles. The predicted octanol–water partition coefficient (Wildman–Crippen LogP) is 2.11. The van der Waals surface area contributed by atoms with Crippen LogP contribution in [0.25, 0.3) is 5.69 Å². The van der Waals surface area contributed by atoms with Gasteiger partial charge in [-0.25, -0.2) is 14.3 Å². The Bertz CT molecular complexity index is 975. The Morgan fingerprint density at radius 1 is 1.06 bits per heavy atom. The van der Waals surface area contributed by atoms with Gasteiger partial charge in [0.15, 0.2) is 0 Å². The van der Waals surface area contributed by atoms with Gasteiger partial charge < -0.3 is 19.7 Å². The number of aromatic nitrogens is 2. The first kappa shape index (κ1) is 23.5. The van der Waals surface area contributed by atoms with Gasteiger partial charge in [0.2, 0.25) is 0 Å². The Kier molecular flexibility index (Phi) is 7.29. The summed E-state index contributed by atoms with van der Waals surface area (Å²) in [6, 6.07) is 6.83. The number of benzene rings is 1. The fourth-order valence-corrected chi connectivity index (χ4v) is 3.77. The van der Waals surface area contributed by atoms with Gasteiger partial charge in [-0.15, -0.1) is 0 Å². The zero-order valence-electron chi connectivity index (χ0n) is 19.0. The maximum absolute atomic E-state index is 13.0. The first-order valence-corrected chi connectivity index (χ1v) is 10.8. The molecule has 9 heteroatoms. The molecule has 9 nitrogen and oxygen atoms in total. The highest BCUT2D eigenvalue weighted by atomic mass is 16.5. The van der Waals surface area contributed by atoms with Crippen LogP contribution in [0.1, 0.15) is 53.1 Å². The van der Waals surface area contributed by atoms with Crippen molar-refractivity contribution < 1.29 is 23.9 Å². The average Bonchev–Trinajstić information content (AvgIpc) is 3.17. The van der Waals surface area contributed by atoms with Crippen molar-refractivity contribution in [3.63, 3.8) is 0 Å². The fraction of sp³-hybridized carbons (Fsp3) is 0.478. The predicted molar refractivity (Wildman–Crippen MR) is 118 cm³/mol. The van der Waals surface area contributed by atoms with Gasteiger partial charge in [-0.1, -0.05) is 0 Å². The van der Waals surface area contributed by atoms with E-state index in [9.17, 15) is 14.4 Å². The number of piperidine rings is 1. The summed E-state index contributed by atoms with van der Waals surface area (Å²) >= 11 is 0. The molecule has 2 heterocycles. The summed E-state index contributed by atoms with van der Waals surface area (Å²) in [7, 11) is 1.99. The van der Waals surface area contributed by atoms with Crippen molar-refractivity contribution in [3.05, 3.63) is 47.3 Å². The number of amides is 1. The van der Waals surface area contributed by atoms with Crippen LogP contribution in [0.2, 0.25) is 0 Å². The summed E-state index contributed by atoms with van der Waals surface area (Å²) in [4.78, 5) is 39.8. The van der Waals surface area contributed by atoms with E-state index in [0.29, 0.717) is 48.4 Å². The van der Waals surface area contributed by atoms with Crippen LogP contribution in [0, 0.1) is 6.92 Å². The molecule has 0 unspecified atom stereocenters. The first-order valence-electron chi connectivity index (χ1n) is 10.8. The van der Waals surface area contributed by atoms with E-state index in [4.69, 9.17) is 9.47 Å². The summed E-state index contributed by atoms with van der Waals surface area (Å²) in [5, 5.41) is 7.20. The highest BCUT2D eigenvalue weighted by molar-refractivity contribution is 5.98. The lowest BCUT2D eigenvalue weighted by Gasteiger charge is -2.39. The number of esters is 2. The molecule has 0 atom stereocenters. The van der Waals surface area contributed by atoms with Crippen molar-refractivity contribution in [3.8, 4) is 5.69 Å². The molecule has 1 amide bonds. The van der Waals surface area contributed by atoms with Crippen LogP contribution < -0.4 is 5.32 Å². The number of nitrogens with zero attached hydrogens (tertiary/aromatic N) is 3. The van der Waals surface area contributed by atoms with E-state index >= 15 is 0 Å². The standard InChI is InChI=1S/C23H30N4O5/c1-5-31-21(29)19-15-24-27(16(19)3)18-9-7-17(8-10-18)20(28)25-23(22(30)32-6-2)11-13-26(4)14-12-23/h7-10,15H,5-6,11-14H2,1-4H3,(H,25,28). The van der Waals surface area contributed by atoms with Crippen molar-refractivity contribution in [2.45, 2.75) is 39.2 Å². The van der Waals surface area contributed by atoms with E-state index < -0.39 is 17.5 Å². The van der Waals surface area contributed by atoms with Gasteiger partial charge in [-0.2, -0.15) is 5.10 Å². The molecule has 1 saturated heterocycles. The third kappa shape index (κ3) is 4.83. The number of ether oxygens (including phenoxy) is 2. The number of hydrogen-bond donors (Lipinski definition) is 1. The fourth-order valence-electron chi connectivity index (χ4n) is 3.77. The minimum Gasteiger partial charge on any atom is -0.464 e. The summed E-state index contributed by atoms with van der Waals surface area (Å²) in [6.07, 6.45) is 2.46. The second kappa shape index (κ2) is 9.95. The second-order valence-electron chi connectivity index (χ2n) is 7.88. The van der Waals surface area contributed by atoms with Crippen molar-refractivity contribution in [1.82, 2.24) is 20.0 Å². The van der Waals surface area contributed by atoms with Crippen LogP contribution in [0.5, 0.6) is 0 Å². The molecule has 1 N–H and O–H groups in total. The summed E-state index contributed by atoms with van der Waals surface area (Å²) in [6.45, 7) is 7.22. The minimum atomic E-state index is -1.02. The molecular formula is C23H30N4O5. The molecule has 1 aliphatic rings. The second-order valence-corrected chi connectivity index (χ2v) is 7.88. The lowest BCUT2D eigenvalue weighted by molar-refractivity contribution is -0.152. The van der Waals surface area contributed by atoms with E-state index in [0.717, 1.165) is 0 Å². The average molecular weight is 443 g/mol. The molecule has 0 spiro atoms. The van der Waals surface area contributed by atoms with E-state index in [1.54, 1.807) is 49.7 Å². The van der Waals surface area contributed by atoms with E-state index in [-0.39, 0.29) is 19.1 Å². The third-order valence-corrected chi connectivity index (χ3v) is 5.74. The van der Waals surface area contributed by atoms with E-state index in [1.165, 1.54) is 6.20 Å².